The van der Waals surface area contributed by atoms with E-state index in [4.69, 9.17) is 14.2 Å². The lowest BCUT2D eigenvalue weighted by Gasteiger charge is -2.55. The van der Waals surface area contributed by atoms with Crippen LogP contribution in [0.2, 0.25) is 0 Å². The van der Waals surface area contributed by atoms with Crippen LogP contribution in [0, 0.1) is 11.3 Å². The van der Waals surface area contributed by atoms with Crippen molar-refractivity contribution < 1.29 is 14.2 Å². The first-order valence-corrected chi connectivity index (χ1v) is 8.14. The molecule has 1 N–H and O–H groups in total. The zero-order chi connectivity index (χ0) is 15.7. The first-order chi connectivity index (χ1) is 10.6. The van der Waals surface area contributed by atoms with Gasteiger partial charge in [0.1, 0.15) is 0 Å². The van der Waals surface area contributed by atoms with Gasteiger partial charge < -0.3 is 19.5 Å². The Balaban J connectivity index is 1.55. The molecule has 4 nitrogen and oxygen atoms in total. The Labute approximate surface area is 133 Å². The van der Waals surface area contributed by atoms with Gasteiger partial charge in [-0.2, -0.15) is 0 Å². The van der Waals surface area contributed by atoms with Crippen molar-refractivity contribution in [1.29, 1.82) is 0 Å². The summed E-state index contributed by atoms with van der Waals surface area (Å²) in [4.78, 5) is 0. The maximum absolute atomic E-state index is 5.85. The van der Waals surface area contributed by atoms with Crippen molar-refractivity contribution in [2.45, 2.75) is 38.8 Å². The summed E-state index contributed by atoms with van der Waals surface area (Å²) in [6, 6.07) is 6.72. The van der Waals surface area contributed by atoms with Gasteiger partial charge in [-0.3, -0.25) is 0 Å². The molecule has 22 heavy (non-hydrogen) atoms. The van der Waals surface area contributed by atoms with Crippen LogP contribution in [0.5, 0.6) is 11.5 Å². The van der Waals surface area contributed by atoms with Gasteiger partial charge in [0.05, 0.1) is 20.3 Å². The third kappa shape index (κ3) is 2.59. The van der Waals surface area contributed by atoms with Gasteiger partial charge in [-0.15, -0.1) is 0 Å². The fourth-order valence-corrected chi connectivity index (χ4v) is 4.15. The van der Waals surface area contributed by atoms with Crippen LogP contribution in [0.4, 0.5) is 0 Å². The van der Waals surface area contributed by atoms with Gasteiger partial charge in [-0.05, 0) is 37.1 Å². The highest BCUT2D eigenvalue weighted by atomic mass is 16.5. The molecule has 1 saturated heterocycles. The maximum Gasteiger partial charge on any atom is 0.160 e. The highest BCUT2D eigenvalue weighted by Crippen LogP contribution is 2.52. The molecule has 1 saturated carbocycles. The number of benzene rings is 1. The molecule has 2 aliphatic rings. The Bertz CT molecular complexity index is 529. The van der Waals surface area contributed by atoms with Crippen LogP contribution in [0.3, 0.4) is 0 Å². The Hall–Kier alpha value is -1.26. The maximum atomic E-state index is 5.85. The fraction of sp³-hybridized carbons (Fsp3) is 0.667. The van der Waals surface area contributed by atoms with Crippen molar-refractivity contribution in [3.8, 4) is 11.5 Å². The van der Waals surface area contributed by atoms with Crippen molar-refractivity contribution in [3.05, 3.63) is 23.8 Å². The summed E-state index contributed by atoms with van der Waals surface area (Å²) in [6.45, 7) is 6.53. The number of hydrogen-bond donors (Lipinski definition) is 1. The molecule has 0 radical (unpaired) electrons. The van der Waals surface area contributed by atoms with E-state index in [0.717, 1.165) is 31.1 Å². The number of hydrogen-bond acceptors (Lipinski definition) is 4. The molecule has 1 aromatic rings. The third-order valence-electron chi connectivity index (χ3n) is 5.33. The molecule has 1 heterocycles. The fourth-order valence-electron chi connectivity index (χ4n) is 4.15. The lowest BCUT2D eigenvalue weighted by Crippen LogP contribution is -2.66. The molecule has 122 valence electrons. The van der Waals surface area contributed by atoms with E-state index in [0.29, 0.717) is 18.1 Å². The average molecular weight is 305 g/mol. The molecular formula is C18H27NO3. The molecule has 0 unspecified atom stereocenters. The van der Waals surface area contributed by atoms with E-state index in [1.807, 2.05) is 6.07 Å². The zero-order valence-electron chi connectivity index (χ0n) is 14.0. The summed E-state index contributed by atoms with van der Waals surface area (Å²) in [5, 5.41) is 3.74. The predicted octanol–water partition coefficient (Wildman–Crippen LogP) is 2.65. The van der Waals surface area contributed by atoms with Crippen molar-refractivity contribution in [1.82, 2.24) is 5.32 Å². The van der Waals surface area contributed by atoms with Crippen LogP contribution in [-0.4, -0.2) is 39.5 Å². The summed E-state index contributed by atoms with van der Waals surface area (Å²) >= 11 is 0. The lowest BCUT2D eigenvalue weighted by atomic mass is 9.57. The number of rotatable bonds is 6. The van der Waals surface area contributed by atoms with Gasteiger partial charge in [0.25, 0.3) is 0 Å². The van der Waals surface area contributed by atoms with E-state index < -0.39 is 0 Å². The lowest BCUT2D eigenvalue weighted by molar-refractivity contribution is -0.112. The molecule has 0 spiro atoms. The molecule has 1 aliphatic carbocycles. The summed E-state index contributed by atoms with van der Waals surface area (Å²) in [5.41, 5.74) is 1.51. The SMILES string of the molecule is COc1ccc(CCN[C@@H]2[C@@H]3CCO[C@@H]3C2(C)C)cc1OC. The van der Waals surface area contributed by atoms with Crippen LogP contribution in [0.25, 0.3) is 0 Å². The van der Waals surface area contributed by atoms with Gasteiger partial charge in [0.2, 0.25) is 0 Å². The minimum absolute atomic E-state index is 0.249. The normalized spacial score (nSPS) is 28.8. The summed E-state index contributed by atoms with van der Waals surface area (Å²) < 4.78 is 16.5. The van der Waals surface area contributed by atoms with Crippen molar-refractivity contribution in [2.24, 2.45) is 11.3 Å². The molecule has 0 bridgehead atoms. The minimum atomic E-state index is 0.249. The van der Waals surface area contributed by atoms with Gasteiger partial charge in [0.15, 0.2) is 11.5 Å². The zero-order valence-corrected chi connectivity index (χ0v) is 14.0. The van der Waals surface area contributed by atoms with Gasteiger partial charge in [-0.25, -0.2) is 0 Å². The Morgan fingerprint density at radius 1 is 1.23 bits per heavy atom. The first-order valence-electron chi connectivity index (χ1n) is 8.14. The summed E-state index contributed by atoms with van der Waals surface area (Å²) in [5.74, 6) is 2.28. The molecular weight excluding hydrogens is 278 g/mol. The highest BCUT2D eigenvalue weighted by molar-refractivity contribution is 5.42. The Morgan fingerprint density at radius 3 is 2.73 bits per heavy atom. The summed E-state index contributed by atoms with van der Waals surface area (Å²) in [7, 11) is 3.34. The largest absolute Gasteiger partial charge is 0.493 e. The molecule has 0 amide bonds. The van der Waals surface area contributed by atoms with Crippen LogP contribution < -0.4 is 14.8 Å². The molecule has 1 aliphatic heterocycles. The van der Waals surface area contributed by atoms with E-state index in [1.165, 1.54) is 12.0 Å². The molecule has 3 atom stereocenters. The van der Waals surface area contributed by atoms with Crippen molar-refractivity contribution >= 4 is 0 Å². The first kappa shape index (κ1) is 15.6. The minimum Gasteiger partial charge on any atom is -0.493 e. The molecule has 1 aromatic carbocycles. The van der Waals surface area contributed by atoms with E-state index in [9.17, 15) is 0 Å². The number of methoxy groups -OCH3 is 2. The second-order valence-electron chi connectivity index (χ2n) is 6.94. The van der Waals surface area contributed by atoms with Crippen LogP contribution >= 0.6 is 0 Å². The topological polar surface area (TPSA) is 39.7 Å². The molecule has 4 heteroatoms. The number of nitrogens with one attached hydrogen (secondary N) is 1. The van der Waals surface area contributed by atoms with E-state index >= 15 is 0 Å². The van der Waals surface area contributed by atoms with Crippen LogP contribution in [0.15, 0.2) is 18.2 Å². The molecule has 3 rings (SSSR count). The van der Waals surface area contributed by atoms with Crippen LogP contribution in [0.1, 0.15) is 25.8 Å². The molecule has 0 aromatic heterocycles. The quantitative estimate of drug-likeness (QED) is 0.877. The highest BCUT2D eigenvalue weighted by Gasteiger charge is 2.58. The monoisotopic (exact) mass is 305 g/mol. The number of fused-ring (bicyclic) bond motifs is 1. The van der Waals surface area contributed by atoms with Gasteiger partial charge >= 0.3 is 0 Å². The molecule has 2 fully saturated rings. The standard InChI is InChI=1S/C18H27NO3/c1-18(2)16(13-8-10-22-17(13)18)19-9-7-12-5-6-14(20-3)15(11-12)21-4/h5-6,11,13,16-17,19H,7-10H2,1-4H3/t13-,16+,17-/m0/s1. The second kappa shape index (κ2) is 6.09. The van der Waals surface area contributed by atoms with E-state index in [2.05, 4.69) is 31.3 Å². The van der Waals surface area contributed by atoms with E-state index in [1.54, 1.807) is 14.2 Å². The summed E-state index contributed by atoms with van der Waals surface area (Å²) in [6.07, 6.45) is 2.64. The number of ether oxygens (including phenoxy) is 3. The average Bonchev–Trinajstić information content (AvgIpc) is 2.98. The Kier molecular flexibility index (Phi) is 4.33. The van der Waals surface area contributed by atoms with Crippen LogP contribution in [-0.2, 0) is 11.2 Å². The van der Waals surface area contributed by atoms with Gasteiger partial charge in [0, 0.05) is 24.0 Å². The Morgan fingerprint density at radius 2 is 2.00 bits per heavy atom. The third-order valence-corrected chi connectivity index (χ3v) is 5.33. The van der Waals surface area contributed by atoms with Gasteiger partial charge in [-0.1, -0.05) is 19.9 Å². The predicted molar refractivity (Wildman–Crippen MR) is 86.7 cm³/mol. The second-order valence-corrected chi connectivity index (χ2v) is 6.94. The smallest absolute Gasteiger partial charge is 0.160 e. The van der Waals surface area contributed by atoms with Crippen molar-refractivity contribution in [2.75, 3.05) is 27.4 Å². The van der Waals surface area contributed by atoms with Crippen molar-refractivity contribution in [3.63, 3.8) is 0 Å². The van der Waals surface area contributed by atoms with E-state index in [-0.39, 0.29) is 5.41 Å².